The van der Waals surface area contributed by atoms with E-state index in [0.717, 1.165) is 0 Å². The smallest absolute Gasteiger partial charge is 0.343 e. The van der Waals surface area contributed by atoms with Crippen molar-refractivity contribution in [1.29, 1.82) is 0 Å². The SMILES string of the molecule is COc1ccc(C(=O)Oc2ccc(Cl)c(Cl)c2)cc1OC. The van der Waals surface area contributed by atoms with Crippen LogP contribution >= 0.6 is 23.2 Å². The van der Waals surface area contributed by atoms with Crippen LogP contribution in [0.3, 0.4) is 0 Å². The molecular formula is C15H12Cl2O4. The highest BCUT2D eigenvalue weighted by Crippen LogP contribution is 2.29. The van der Waals surface area contributed by atoms with Crippen molar-refractivity contribution in [2.45, 2.75) is 0 Å². The van der Waals surface area contributed by atoms with Crippen molar-refractivity contribution in [2.24, 2.45) is 0 Å². The molecule has 21 heavy (non-hydrogen) atoms. The molecule has 0 amide bonds. The van der Waals surface area contributed by atoms with Crippen LogP contribution in [0.2, 0.25) is 10.0 Å². The number of rotatable bonds is 4. The second-order valence-corrected chi connectivity index (χ2v) is 4.85. The number of hydrogen-bond acceptors (Lipinski definition) is 4. The summed E-state index contributed by atoms with van der Waals surface area (Å²) in [6.45, 7) is 0. The van der Waals surface area contributed by atoms with Crippen molar-refractivity contribution in [1.82, 2.24) is 0 Å². The number of halogens is 2. The number of hydrogen-bond donors (Lipinski definition) is 0. The van der Waals surface area contributed by atoms with E-state index >= 15 is 0 Å². The van der Waals surface area contributed by atoms with E-state index in [4.69, 9.17) is 37.4 Å². The van der Waals surface area contributed by atoms with Crippen LogP contribution in [0.4, 0.5) is 0 Å². The van der Waals surface area contributed by atoms with Crippen LogP contribution in [0, 0.1) is 0 Å². The summed E-state index contributed by atoms with van der Waals surface area (Å²) in [7, 11) is 3.01. The summed E-state index contributed by atoms with van der Waals surface area (Å²) in [5, 5.41) is 0.705. The van der Waals surface area contributed by atoms with Crippen LogP contribution in [0.5, 0.6) is 17.2 Å². The third-order valence-electron chi connectivity index (χ3n) is 2.72. The summed E-state index contributed by atoms with van der Waals surface area (Å²) in [5.74, 6) is 0.753. The Morgan fingerprint density at radius 1 is 0.905 bits per heavy atom. The van der Waals surface area contributed by atoms with Crippen molar-refractivity contribution in [3.05, 3.63) is 52.0 Å². The van der Waals surface area contributed by atoms with Gasteiger partial charge in [0.05, 0.1) is 29.8 Å². The third-order valence-corrected chi connectivity index (χ3v) is 3.46. The normalized spacial score (nSPS) is 10.1. The molecule has 2 aromatic rings. The number of methoxy groups -OCH3 is 2. The van der Waals surface area contributed by atoms with Crippen molar-refractivity contribution in [3.63, 3.8) is 0 Å². The lowest BCUT2D eigenvalue weighted by Gasteiger charge is -2.09. The van der Waals surface area contributed by atoms with E-state index < -0.39 is 5.97 Å². The fraction of sp³-hybridized carbons (Fsp3) is 0.133. The first kappa shape index (κ1) is 15.5. The van der Waals surface area contributed by atoms with E-state index in [0.29, 0.717) is 32.9 Å². The highest BCUT2D eigenvalue weighted by molar-refractivity contribution is 6.42. The first-order chi connectivity index (χ1) is 10.0. The van der Waals surface area contributed by atoms with Crippen LogP contribution in [-0.4, -0.2) is 20.2 Å². The Bertz CT molecular complexity index is 671. The minimum atomic E-state index is -0.533. The van der Waals surface area contributed by atoms with Crippen LogP contribution in [0.15, 0.2) is 36.4 Å². The summed E-state index contributed by atoms with van der Waals surface area (Å²) in [6, 6.07) is 9.35. The molecule has 0 unspecified atom stereocenters. The van der Waals surface area contributed by atoms with Gasteiger partial charge in [-0.15, -0.1) is 0 Å². The highest BCUT2D eigenvalue weighted by Gasteiger charge is 2.13. The van der Waals surface area contributed by atoms with Gasteiger partial charge < -0.3 is 14.2 Å². The molecule has 2 aromatic carbocycles. The lowest BCUT2D eigenvalue weighted by molar-refractivity contribution is 0.0734. The first-order valence-electron chi connectivity index (χ1n) is 5.94. The van der Waals surface area contributed by atoms with E-state index in [-0.39, 0.29) is 0 Å². The molecule has 110 valence electrons. The van der Waals surface area contributed by atoms with Crippen molar-refractivity contribution in [2.75, 3.05) is 14.2 Å². The minimum Gasteiger partial charge on any atom is -0.493 e. The van der Waals surface area contributed by atoms with Gasteiger partial charge in [0.25, 0.3) is 0 Å². The molecule has 0 aromatic heterocycles. The molecule has 0 bridgehead atoms. The molecule has 0 aliphatic carbocycles. The zero-order valence-corrected chi connectivity index (χ0v) is 12.9. The maximum Gasteiger partial charge on any atom is 0.343 e. The number of benzene rings is 2. The molecule has 0 N–H and O–H groups in total. The van der Waals surface area contributed by atoms with Gasteiger partial charge in [-0.05, 0) is 30.3 Å². The summed E-state index contributed by atoms with van der Waals surface area (Å²) in [5.41, 5.74) is 0.332. The second-order valence-electron chi connectivity index (χ2n) is 4.04. The predicted molar refractivity (Wildman–Crippen MR) is 81.0 cm³/mol. The summed E-state index contributed by atoms with van der Waals surface area (Å²) >= 11 is 11.7. The molecule has 0 atom stereocenters. The van der Waals surface area contributed by atoms with Gasteiger partial charge in [-0.25, -0.2) is 4.79 Å². The number of carbonyl (C=O) groups is 1. The Kier molecular flexibility index (Phi) is 4.94. The second kappa shape index (κ2) is 6.70. The van der Waals surface area contributed by atoms with Gasteiger partial charge in [0.2, 0.25) is 0 Å². The van der Waals surface area contributed by atoms with Gasteiger partial charge in [0.15, 0.2) is 11.5 Å². The Hall–Kier alpha value is -1.91. The van der Waals surface area contributed by atoms with Gasteiger partial charge in [0.1, 0.15) is 5.75 Å². The molecule has 0 radical (unpaired) electrons. The molecule has 4 nitrogen and oxygen atoms in total. The van der Waals surface area contributed by atoms with Gasteiger partial charge >= 0.3 is 5.97 Å². The maximum absolute atomic E-state index is 12.1. The molecule has 0 fully saturated rings. The highest BCUT2D eigenvalue weighted by atomic mass is 35.5. The number of ether oxygens (including phenoxy) is 3. The van der Waals surface area contributed by atoms with Gasteiger partial charge in [0, 0.05) is 6.07 Å². The minimum absolute atomic E-state index is 0.309. The molecule has 0 spiro atoms. The Morgan fingerprint density at radius 3 is 2.24 bits per heavy atom. The Morgan fingerprint density at radius 2 is 1.62 bits per heavy atom. The molecule has 0 aliphatic heterocycles. The van der Waals surface area contributed by atoms with E-state index in [2.05, 4.69) is 0 Å². The first-order valence-corrected chi connectivity index (χ1v) is 6.70. The van der Waals surface area contributed by atoms with Crippen LogP contribution < -0.4 is 14.2 Å². The summed E-state index contributed by atoms with van der Waals surface area (Å²) in [4.78, 5) is 12.1. The van der Waals surface area contributed by atoms with Gasteiger partial charge in [-0.2, -0.15) is 0 Å². The molecule has 0 heterocycles. The molecule has 0 aliphatic rings. The van der Waals surface area contributed by atoms with E-state index in [9.17, 15) is 4.79 Å². The predicted octanol–water partition coefficient (Wildman–Crippen LogP) is 4.23. The topological polar surface area (TPSA) is 44.8 Å². The fourth-order valence-electron chi connectivity index (χ4n) is 1.67. The molecule has 2 rings (SSSR count). The average Bonchev–Trinajstić information content (AvgIpc) is 2.50. The van der Waals surface area contributed by atoms with Crippen molar-refractivity contribution >= 4 is 29.2 Å². The zero-order chi connectivity index (χ0) is 15.4. The lowest BCUT2D eigenvalue weighted by atomic mass is 10.2. The lowest BCUT2D eigenvalue weighted by Crippen LogP contribution is -2.08. The monoisotopic (exact) mass is 326 g/mol. The standard InChI is InChI=1S/C15H12Cl2O4/c1-19-13-6-3-9(7-14(13)20-2)15(18)21-10-4-5-11(16)12(17)8-10/h3-8H,1-2H3. The van der Waals surface area contributed by atoms with Crippen LogP contribution in [0.1, 0.15) is 10.4 Å². The van der Waals surface area contributed by atoms with E-state index in [1.54, 1.807) is 30.3 Å². The number of esters is 1. The molecule has 0 saturated heterocycles. The van der Waals surface area contributed by atoms with Crippen molar-refractivity contribution in [3.8, 4) is 17.2 Å². The van der Waals surface area contributed by atoms with E-state index in [1.165, 1.54) is 20.3 Å². The summed E-state index contributed by atoms with van der Waals surface area (Å²) < 4.78 is 15.5. The number of carbonyl (C=O) groups excluding carboxylic acids is 1. The van der Waals surface area contributed by atoms with Gasteiger partial charge in [-0.1, -0.05) is 23.2 Å². The van der Waals surface area contributed by atoms with Gasteiger partial charge in [-0.3, -0.25) is 0 Å². The van der Waals surface area contributed by atoms with E-state index in [1.807, 2.05) is 0 Å². The Balaban J connectivity index is 2.21. The largest absolute Gasteiger partial charge is 0.493 e. The van der Waals surface area contributed by atoms with Crippen LogP contribution in [-0.2, 0) is 0 Å². The summed E-state index contributed by atoms with van der Waals surface area (Å²) in [6.07, 6.45) is 0. The molecule has 0 saturated carbocycles. The quantitative estimate of drug-likeness (QED) is 0.623. The molecular weight excluding hydrogens is 315 g/mol. The third kappa shape index (κ3) is 3.60. The zero-order valence-electron chi connectivity index (χ0n) is 11.4. The van der Waals surface area contributed by atoms with Crippen molar-refractivity contribution < 1.29 is 19.0 Å². The Labute approximate surface area is 132 Å². The maximum atomic E-state index is 12.1. The average molecular weight is 327 g/mol. The molecule has 6 heteroatoms. The van der Waals surface area contributed by atoms with Crippen LogP contribution in [0.25, 0.3) is 0 Å². The fourth-order valence-corrected chi connectivity index (χ4v) is 1.96.